The summed E-state index contributed by atoms with van der Waals surface area (Å²) in [5.41, 5.74) is 1.82. The number of carbonyl (C=O) groups excluding carboxylic acids is 1. The summed E-state index contributed by atoms with van der Waals surface area (Å²) in [6.07, 6.45) is 0. The first-order valence-electron chi connectivity index (χ1n) is 11.3. The number of fused-ring (bicyclic) bond motifs is 1. The van der Waals surface area contributed by atoms with Gasteiger partial charge in [-0.05, 0) is 31.2 Å². The van der Waals surface area contributed by atoms with Crippen LogP contribution >= 0.6 is 0 Å². The monoisotopic (exact) mass is 498 g/mol. The molecule has 0 bridgehead atoms. The number of methoxy groups -OCH3 is 2. The maximum absolute atomic E-state index is 13.0. The summed E-state index contributed by atoms with van der Waals surface area (Å²) in [6, 6.07) is 19.2. The van der Waals surface area contributed by atoms with Gasteiger partial charge < -0.3 is 23.2 Å². The average molecular weight is 498 g/mol. The molecule has 3 aromatic carbocycles. The second kappa shape index (κ2) is 9.98. The van der Waals surface area contributed by atoms with Crippen molar-refractivity contribution in [2.45, 2.75) is 13.5 Å². The van der Waals surface area contributed by atoms with Crippen LogP contribution in [0.1, 0.15) is 21.8 Å². The Labute approximate surface area is 211 Å². The molecule has 0 radical (unpaired) electrons. The van der Waals surface area contributed by atoms with Crippen molar-refractivity contribution >= 4 is 16.9 Å². The molecule has 0 N–H and O–H groups in total. The molecule has 0 unspecified atom stereocenters. The van der Waals surface area contributed by atoms with Crippen LogP contribution in [-0.4, -0.2) is 30.3 Å². The molecule has 2 aromatic heterocycles. The van der Waals surface area contributed by atoms with Crippen molar-refractivity contribution in [1.29, 1.82) is 0 Å². The van der Waals surface area contributed by atoms with E-state index in [1.165, 1.54) is 7.11 Å². The number of hydrogen-bond donors (Lipinski definition) is 0. The fourth-order valence-electron chi connectivity index (χ4n) is 3.95. The third-order valence-corrected chi connectivity index (χ3v) is 5.85. The van der Waals surface area contributed by atoms with Crippen LogP contribution in [0.2, 0.25) is 0 Å². The fraction of sp³-hybridized carbons (Fsp3) is 0.143. The highest BCUT2D eigenvalue weighted by Crippen LogP contribution is 2.32. The molecule has 5 aromatic rings. The van der Waals surface area contributed by atoms with E-state index in [4.69, 9.17) is 23.2 Å². The number of ether oxygens (including phenoxy) is 3. The number of para-hydroxylation sites is 1. The Bertz CT molecular complexity index is 1660. The maximum atomic E-state index is 13.0. The summed E-state index contributed by atoms with van der Waals surface area (Å²) < 4.78 is 27.4. The number of hydrogen-bond acceptors (Lipinski definition) is 9. The number of benzene rings is 3. The lowest BCUT2D eigenvalue weighted by Gasteiger charge is -2.10. The third-order valence-electron chi connectivity index (χ3n) is 5.85. The quantitative estimate of drug-likeness (QED) is 0.280. The van der Waals surface area contributed by atoms with Gasteiger partial charge in [-0.15, -0.1) is 0 Å². The van der Waals surface area contributed by atoms with Crippen molar-refractivity contribution in [3.05, 3.63) is 94.0 Å². The zero-order chi connectivity index (χ0) is 25.9. The molecule has 0 saturated carbocycles. The van der Waals surface area contributed by atoms with Crippen molar-refractivity contribution in [2.75, 3.05) is 14.2 Å². The van der Waals surface area contributed by atoms with E-state index in [9.17, 15) is 9.59 Å². The van der Waals surface area contributed by atoms with Crippen molar-refractivity contribution in [2.24, 2.45) is 0 Å². The smallest absolute Gasteiger partial charge is 0.342 e. The van der Waals surface area contributed by atoms with Gasteiger partial charge in [-0.25, -0.2) is 4.79 Å². The summed E-state index contributed by atoms with van der Waals surface area (Å²) in [5.74, 6) is 1.17. The number of carbonyl (C=O) groups is 1. The summed E-state index contributed by atoms with van der Waals surface area (Å²) >= 11 is 0. The highest BCUT2D eigenvalue weighted by molar-refractivity contribution is 6.02. The molecular formula is C28H22N2O7. The van der Waals surface area contributed by atoms with Gasteiger partial charge in [0.15, 0.2) is 17.6 Å². The van der Waals surface area contributed by atoms with E-state index in [2.05, 4.69) is 10.1 Å². The van der Waals surface area contributed by atoms with E-state index in [1.54, 1.807) is 50.4 Å². The predicted octanol–water partition coefficient (Wildman–Crippen LogP) is 5.19. The molecule has 0 aliphatic rings. The van der Waals surface area contributed by atoms with Crippen LogP contribution in [0.3, 0.4) is 0 Å². The van der Waals surface area contributed by atoms with Crippen LogP contribution < -0.4 is 14.9 Å². The number of aromatic nitrogens is 2. The summed E-state index contributed by atoms with van der Waals surface area (Å²) in [7, 11) is 3.08. The van der Waals surface area contributed by atoms with Gasteiger partial charge in [0.2, 0.25) is 5.82 Å². The molecule has 5 rings (SSSR count). The van der Waals surface area contributed by atoms with Gasteiger partial charge in [0.1, 0.15) is 22.8 Å². The molecule has 0 amide bonds. The first-order chi connectivity index (χ1) is 18.0. The van der Waals surface area contributed by atoms with E-state index in [-0.39, 0.29) is 34.9 Å². The highest BCUT2D eigenvalue weighted by Gasteiger charge is 2.21. The molecule has 9 nitrogen and oxygen atoms in total. The van der Waals surface area contributed by atoms with Gasteiger partial charge in [-0.1, -0.05) is 41.6 Å². The minimum Gasteiger partial charge on any atom is -0.497 e. The molecular weight excluding hydrogens is 476 g/mol. The summed E-state index contributed by atoms with van der Waals surface area (Å²) in [6.45, 7) is 1.42. The van der Waals surface area contributed by atoms with Gasteiger partial charge in [0.05, 0.1) is 25.2 Å². The van der Waals surface area contributed by atoms with Crippen LogP contribution in [0.15, 0.2) is 80.5 Å². The van der Waals surface area contributed by atoms with E-state index >= 15 is 0 Å². The van der Waals surface area contributed by atoms with Gasteiger partial charge >= 0.3 is 5.97 Å². The standard InChI is InChI=1S/C28H22N2O7/c1-16-24(31)20-10-7-11-21(26(20)36-25(16)17-8-5-4-6-9-17)28(32)35-15-23-29-27(30-37-23)19-13-12-18(33-2)14-22(19)34-3/h4-14H,15H2,1-3H3. The predicted molar refractivity (Wildman–Crippen MR) is 135 cm³/mol. The van der Waals surface area contributed by atoms with E-state index < -0.39 is 5.97 Å². The normalized spacial score (nSPS) is 10.9. The molecule has 0 spiro atoms. The van der Waals surface area contributed by atoms with Crippen molar-refractivity contribution in [1.82, 2.24) is 10.1 Å². The Balaban J connectivity index is 1.41. The molecule has 37 heavy (non-hydrogen) atoms. The Hall–Kier alpha value is -4.92. The second-order valence-electron chi connectivity index (χ2n) is 8.09. The molecule has 0 aliphatic carbocycles. The summed E-state index contributed by atoms with van der Waals surface area (Å²) in [5, 5.41) is 4.25. The van der Waals surface area contributed by atoms with Crippen molar-refractivity contribution in [3.63, 3.8) is 0 Å². The Morgan fingerprint density at radius 3 is 2.54 bits per heavy atom. The lowest BCUT2D eigenvalue weighted by atomic mass is 10.0. The molecule has 9 heteroatoms. The minimum atomic E-state index is -0.696. The Morgan fingerprint density at radius 2 is 1.78 bits per heavy atom. The molecule has 186 valence electrons. The van der Waals surface area contributed by atoms with Gasteiger partial charge in [-0.2, -0.15) is 4.98 Å². The van der Waals surface area contributed by atoms with Crippen LogP contribution in [0.4, 0.5) is 0 Å². The van der Waals surface area contributed by atoms with Crippen LogP contribution in [-0.2, 0) is 11.3 Å². The third kappa shape index (κ3) is 4.54. The van der Waals surface area contributed by atoms with Gasteiger partial charge in [-0.3, -0.25) is 4.79 Å². The summed E-state index contributed by atoms with van der Waals surface area (Å²) in [4.78, 5) is 30.4. The van der Waals surface area contributed by atoms with Crippen LogP contribution in [0.5, 0.6) is 11.5 Å². The van der Waals surface area contributed by atoms with E-state index in [1.807, 2.05) is 30.3 Å². The SMILES string of the molecule is COc1ccc(-c2noc(COC(=O)c3cccc4c(=O)c(C)c(-c5ccccc5)oc34)n2)c(OC)c1. The lowest BCUT2D eigenvalue weighted by molar-refractivity contribution is 0.0431. The first-order valence-corrected chi connectivity index (χ1v) is 11.3. The molecule has 2 heterocycles. The topological polar surface area (TPSA) is 114 Å². The Morgan fingerprint density at radius 1 is 0.973 bits per heavy atom. The average Bonchev–Trinajstić information content (AvgIpc) is 3.42. The molecule has 0 atom stereocenters. The van der Waals surface area contributed by atoms with Gasteiger partial charge in [0, 0.05) is 17.2 Å². The largest absolute Gasteiger partial charge is 0.497 e. The van der Waals surface area contributed by atoms with Crippen LogP contribution in [0.25, 0.3) is 33.7 Å². The van der Waals surface area contributed by atoms with Gasteiger partial charge in [0.25, 0.3) is 5.89 Å². The van der Waals surface area contributed by atoms with E-state index in [0.717, 1.165) is 5.56 Å². The fourth-order valence-corrected chi connectivity index (χ4v) is 3.95. The number of esters is 1. The zero-order valence-corrected chi connectivity index (χ0v) is 20.3. The zero-order valence-electron chi connectivity index (χ0n) is 20.3. The second-order valence-corrected chi connectivity index (χ2v) is 8.09. The first kappa shape index (κ1) is 23.8. The Kier molecular flexibility index (Phi) is 6.42. The lowest BCUT2D eigenvalue weighted by Crippen LogP contribution is -2.11. The van der Waals surface area contributed by atoms with Crippen molar-refractivity contribution in [3.8, 4) is 34.2 Å². The molecule has 0 aliphatic heterocycles. The number of rotatable bonds is 7. The maximum Gasteiger partial charge on any atom is 0.342 e. The van der Waals surface area contributed by atoms with Crippen molar-refractivity contribution < 1.29 is 27.9 Å². The highest BCUT2D eigenvalue weighted by atomic mass is 16.6. The minimum absolute atomic E-state index is 0.0868. The molecule has 0 saturated heterocycles. The van der Waals surface area contributed by atoms with E-state index in [0.29, 0.717) is 33.8 Å². The van der Waals surface area contributed by atoms with Crippen LogP contribution in [0, 0.1) is 6.92 Å². The molecule has 0 fully saturated rings. The number of nitrogens with zero attached hydrogens (tertiary/aromatic N) is 2.